The van der Waals surface area contributed by atoms with Crippen molar-refractivity contribution >= 4 is 84.3 Å². The molecule has 4 atom stereocenters. The standard InChI is InChI=1S/C59H96N16O12S2/c60-54(84)46(33-88)72-48(78)9-3-1-5-23-67-56(86)44(31-40-15-19-42(76)20-16-40)70-50(80)11-7-13-52(82)74-58-35-62-25-27-65-38-59(69-30-29-64-37-58,39-66-28-26-63-36-58)75-53(83)14-8-12-51(81)71-45(32-41-17-21-43(77)22-18-41)57(87)68-24-6-2-4-10-49(79)73-47(34-89)55(61)85/h15-22,44-47,62-66,69,76-77,88-89H,1-14,23-39H2,(H2,60,84)(H2,61,85)(H,67,86)(H,68,87)(H,70,80)(H,71,81)(H,72,78)(H,73,79)(H,74,82)(H,75,83)/t44?,45?,46?,47-,58?,59?/m0/s1. The molecule has 2 saturated heterocycles. The lowest BCUT2D eigenvalue weighted by molar-refractivity contribution is -0.129. The monoisotopic (exact) mass is 1280 g/mol. The highest BCUT2D eigenvalue weighted by atomic mass is 32.1. The van der Waals surface area contributed by atoms with E-state index in [1.54, 1.807) is 24.3 Å². The second-order valence-electron chi connectivity index (χ2n) is 22.6. The maximum absolute atomic E-state index is 13.8. The van der Waals surface area contributed by atoms with Gasteiger partial charge in [-0.15, -0.1) is 0 Å². The number of phenols is 2. The van der Waals surface area contributed by atoms with E-state index in [1.165, 1.54) is 24.3 Å². The number of rotatable bonds is 36. The molecular formula is C59H96N16O12S2. The van der Waals surface area contributed by atoms with Crippen LogP contribution in [-0.4, -0.2) is 201 Å². The fourth-order valence-electron chi connectivity index (χ4n) is 9.95. The number of aromatic hydroxyl groups is 2. The van der Waals surface area contributed by atoms with Crippen LogP contribution in [0, 0.1) is 0 Å². The summed E-state index contributed by atoms with van der Waals surface area (Å²) in [7, 11) is 0. The van der Waals surface area contributed by atoms with Crippen LogP contribution in [0.25, 0.3) is 0 Å². The van der Waals surface area contributed by atoms with Crippen molar-refractivity contribution < 1.29 is 58.2 Å². The third-order valence-electron chi connectivity index (χ3n) is 14.9. The number of primary amides is 2. The number of nitrogens with two attached hydrogens (primary N) is 2. The minimum Gasteiger partial charge on any atom is -0.508 e. The summed E-state index contributed by atoms with van der Waals surface area (Å²) in [5.41, 5.74) is 10.2. The molecule has 3 unspecified atom stereocenters. The van der Waals surface area contributed by atoms with Crippen molar-refractivity contribution in [1.82, 2.24) is 74.4 Å². The predicted molar refractivity (Wildman–Crippen MR) is 342 cm³/mol. The third kappa shape index (κ3) is 30.5. The van der Waals surface area contributed by atoms with Crippen molar-refractivity contribution in [2.24, 2.45) is 11.5 Å². The molecule has 0 aromatic heterocycles. The molecule has 2 aromatic carbocycles. The number of hydrogen-bond donors (Lipinski definition) is 20. The van der Waals surface area contributed by atoms with Gasteiger partial charge in [-0.25, -0.2) is 0 Å². The molecule has 4 rings (SSSR count). The van der Waals surface area contributed by atoms with Gasteiger partial charge >= 0.3 is 0 Å². The Morgan fingerprint density at radius 1 is 0.427 bits per heavy atom. The van der Waals surface area contributed by atoms with E-state index in [-0.39, 0.29) is 124 Å². The van der Waals surface area contributed by atoms with E-state index in [2.05, 4.69) is 99.7 Å². The number of fused-ring (bicyclic) bond motifs is 6. The first-order valence-electron chi connectivity index (χ1n) is 30.7. The predicted octanol–water partition coefficient (Wildman–Crippen LogP) is -3.42. The summed E-state index contributed by atoms with van der Waals surface area (Å²) in [5.74, 6) is -3.92. The summed E-state index contributed by atoms with van der Waals surface area (Å²) in [4.78, 5) is 129. The first kappa shape index (κ1) is 74.7. The SMILES string of the molecule is NC(=O)C(CS)NC(=O)CCCCCNC(=O)C(Cc1ccc(O)cc1)NC(=O)CCCC(=O)NC12CNCCNCC(NC(=O)CCCC(=O)NC(Cc3ccc(O)cc3)C(=O)NCCCCCC(=O)N[C@@H](CS)C(N)=O)(CNCCNC1)NCCNC2. The molecule has 10 amide bonds. The number of unbranched alkanes of at least 4 members (excludes halogenated alkanes) is 4. The maximum Gasteiger partial charge on any atom is 0.242 e. The summed E-state index contributed by atoms with van der Waals surface area (Å²) in [6.07, 6.45) is 4.35. The molecule has 2 aliphatic heterocycles. The zero-order chi connectivity index (χ0) is 64.9. The van der Waals surface area contributed by atoms with Crippen LogP contribution in [0.5, 0.6) is 11.5 Å². The van der Waals surface area contributed by atoms with Crippen LogP contribution < -0.4 is 85.9 Å². The van der Waals surface area contributed by atoms with Gasteiger partial charge in [0.25, 0.3) is 0 Å². The van der Waals surface area contributed by atoms with Gasteiger partial charge in [0.2, 0.25) is 59.1 Å². The molecule has 89 heavy (non-hydrogen) atoms. The Balaban J connectivity index is 1.25. The zero-order valence-electron chi connectivity index (χ0n) is 50.9. The molecule has 30 heteroatoms. The number of carbonyl (C=O) groups is 10. The van der Waals surface area contributed by atoms with Crippen molar-refractivity contribution in [2.75, 3.05) is 96.6 Å². The Hall–Kier alpha value is -6.80. The van der Waals surface area contributed by atoms with Crippen molar-refractivity contribution in [3.05, 3.63) is 59.7 Å². The van der Waals surface area contributed by atoms with E-state index in [4.69, 9.17) is 11.5 Å². The van der Waals surface area contributed by atoms with Crippen LogP contribution in [0.4, 0.5) is 0 Å². The van der Waals surface area contributed by atoms with Crippen molar-refractivity contribution in [2.45, 2.75) is 138 Å². The van der Waals surface area contributed by atoms with Crippen molar-refractivity contribution in [3.63, 3.8) is 0 Å². The van der Waals surface area contributed by atoms with E-state index < -0.39 is 70.8 Å². The molecule has 2 fully saturated rings. The quantitative estimate of drug-likeness (QED) is 0.0233. The van der Waals surface area contributed by atoms with E-state index in [1.807, 2.05) is 0 Å². The average molecular weight is 1290 g/mol. The number of hydrogen-bond acceptors (Lipinski definition) is 20. The molecule has 28 nitrogen and oxygen atoms in total. The summed E-state index contributed by atoms with van der Waals surface area (Å²) in [5, 5.41) is 63.5. The van der Waals surface area contributed by atoms with Crippen molar-refractivity contribution in [3.8, 4) is 11.5 Å². The van der Waals surface area contributed by atoms with Crippen LogP contribution in [-0.2, 0) is 60.8 Å². The Morgan fingerprint density at radius 3 is 1.15 bits per heavy atom. The van der Waals surface area contributed by atoms with Gasteiger partial charge in [0.15, 0.2) is 0 Å². The van der Waals surface area contributed by atoms with Gasteiger partial charge < -0.3 is 90.8 Å². The Kier molecular flexibility index (Phi) is 34.8. The number of benzene rings is 2. The molecule has 496 valence electrons. The third-order valence-corrected chi connectivity index (χ3v) is 15.6. The van der Waals surface area contributed by atoms with Gasteiger partial charge in [-0.1, -0.05) is 37.1 Å². The highest BCUT2D eigenvalue weighted by molar-refractivity contribution is 7.80. The highest BCUT2D eigenvalue weighted by Gasteiger charge is 2.35. The molecule has 2 bridgehead atoms. The molecule has 2 aromatic rings. The van der Waals surface area contributed by atoms with Crippen LogP contribution in [0.2, 0.25) is 0 Å². The largest absolute Gasteiger partial charge is 0.508 e. The lowest BCUT2D eigenvalue weighted by Crippen LogP contribution is -2.69. The molecule has 0 radical (unpaired) electrons. The van der Waals surface area contributed by atoms with Gasteiger partial charge in [-0.3, -0.25) is 53.3 Å². The van der Waals surface area contributed by atoms with Crippen LogP contribution in [0.15, 0.2) is 48.5 Å². The maximum atomic E-state index is 13.8. The number of thiol groups is 2. The van der Waals surface area contributed by atoms with E-state index in [9.17, 15) is 58.2 Å². The number of carbonyl (C=O) groups excluding carboxylic acids is 10. The minimum absolute atomic E-state index is 0.0162. The lowest BCUT2D eigenvalue weighted by Gasteiger charge is -2.37. The molecule has 0 spiro atoms. The summed E-state index contributed by atoms with van der Waals surface area (Å²) in [6, 6.07) is 9.02. The van der Waals surface area contributed by atoms with Gasteiger partial charge in [0.1, 0.15) is 41.3 Å². The Morgan fingerprint density at radius 2 is 0.764 bits per heavy atom. The molecule has 2 aliphatic rings. The number of nitrogens with one attached hydrogen (secondary N) is 14. The summed E-state index contributed by atoms with van der Waals surface area (Å²) >= 11 is 8.07. The second-order valence-corrected chi connectivity index (χ2v) is 23.3. The van der Waals surface area contributed by atoms with Crippen LogP contribution in [0.1, 0.15) is 101 Å². The first-order chi connectivity index (χ1) is 42.7. The smallest absolute Gasteiger partial charge is 0.242 e. The molecule has 20 N–H and O–H groups in total. The van der Waals surface area contributed by atoms with Crippen molar-refractivity contribution in [1.29, 1.82) is 0 Å². The summed E-state index contributed by atoms with van der Waals surface area (Å²) in [6.45, 7) is 5.38. The average Bonchev–Trinajstić information content (AvgIpc) is 3.45. The molecule has 0 aliphatic carbocycles. The Labute approximate surface area is 532 Å². The molecular weight excluding hydrogens is 1190 g/mol. The van der Waals surface area contributed by atoms with E-state index in [0.717, 1.165) is 0 Å². The van der Waals surface area contributed by atoms with E-state index >= 15 is 0 Å². The fourth-order valence-corrected chi connectivity index (χ4v) is 10.5. The Bertz CT molecular complexity index is 2390. The summed E-state index contributed by atoms with van der Waals surface area (Å²) < 4.78 is 0. The molecule has 0 saturated carbocycles. The minimum atomic E-state index is -0.951. The fraction of sp³-hybridized carbons (Fsp3) is 0.627. The van der Waals surface area contributed by atoms with E-state index in [0.29, 0.717) is 122 Å². The first-order valence-corrected chi connectivity index (χ1v) is 32.0. The number of amides is 10. The van der Waals surface area contributed by atoms with Gasteiger partial charge in [0, 0.05) is 148 Å². The van der Waals surface area contributed by atoms with Gasteiger partial charge in [-0.05, 0) is 73.9 Å². The van der Waals surface area contributed by atoms with Gasteiger partial charge in [0.05, 0.1) is 5.54 Å². The van der Waals surface area contributed by atoms with Crippen LogP contribution in [0.3, 0.4) is 0 Å². The topological polar surface area (TPSA) is 432 Å². The normalized spacial score (nSPS) is 18.7. The lowest BCUT2D eigenvalue weighted by atomic mass is 9.97. The van der Waals surface area contributed by atoms with Crippen LogP contribution >= 0.6 is 25.3 Å². The number of phenolic OH excluding ortho intramolecular Hbond substituents is 2. The molecule has 2 heterocycles. The second kappa shape index (κ2) is 41.5. The van der Waals surface area contributed by atoms with Gasteiger partial charge in [-0.2, -0.15) is 25.3 Å². The zero-order valence-corrected chi connectivity index (χ0v) is 52.7. The highest BCUT2D eigenvalue weighted by Crippen LogP contribution is 2.15.